The molecule has 2 rings (SSSR count). The second-order valence-electron chi connectivity index (χ2n) is 4.87. The lowest BCUT2D eigenvalue weighted by Gasteiger charge is -2.08. The minimum atomic E-state index is -1.18. The third-order valence-electron chi connectivity index (χ3n) is 3.09. The molecule has 0 saturated heterocycles. The van der Waals surface area contributed by atoms with Crippen LogP contribution in [0.25, 0.3) is 0 Å². The first-order valence-corrected chi connectivity index (χ1v) is 8.69. The Kier molecular flexibility index (Phi) is 8.07. The number of thiophene rings is 1. The SMILES string of the molecule is CON=C(C(=O)O)c1ccccc1COCC=NOCc1ccc(Cl)s1. The van der Waals surface area contributed by atoms with Crippen molar-refractivity contribution in [2.75, 3.05) is 13.7 Å². The third kappa shape index (κ3) is 6.14. The molecule has 7 nitrogen and oxygen atoms in total. The van der Waals surface area contributed by atoms with Crippen molar-refractivity contribution in [3.05, 3.63) is 56.7 Å². The molecule has 1 aromatic carbocycles. The molecular weight excluding hydrogens is 380 g/mol. The van der Waals surface area contributed by atoms with Crippen LogP contribution in [0.1, 0.15) is 16.0 Å². The Morgan fingerprint density at radius 3 is 2.77 bits per heavy atom. The van der Waals surface area contributed by atoms with E-state index in [1.165, 1.54) is 24.7 Å². The number of rotatable bonds is 10. The highest BCUT2D eigenvalue weighted by atomic mass is 35.5. The van der Waals surface area contributed by atoms with Gasteiger partial charge in [0.15, 0.2) is 12.3 Å². The maximum absolute atomic E-state index is 11.3. The molecule has 2 aromatic rings. The lowest BCUT2D eigenvalue weighted by atomic mass is 10.0. The average molecular weight is 397 g/mol. The van der Waals surface area contributed by atoms with Gasteiger partial charge in [0.1, 0.15) is 7.11 Å². The second-order valence-corrected chi connectivity index (χ2v) is 6.67. The van der Waals surface area contributed by atoms with E-state index in [9.17, 15) is 9.90 Å². The van der Waals surface area contributed by atoms with Gasteiger partial charge in [-0.15, -0.1) is 11.3 Å². The van der Waals surface area contributed by atoms with E-state index < -0.39 is 5.97 Å². The number of aliphatic carboxylic acids is 1. The number of oxime groups is 2. The maximum atomic E-state index is 11.3. The standard InChI is InChI=1S/C17H17ClN2O5S/c1-23-20-16(17(21)22)14-5-3-2-4-12(14)10-24-9-8-19-25-11-13-6-7-15(18)26-13/h2-8H,9-11H2,1H3,(H,21,22). The van der Waals surface area contributed by atoms with E-state index in [0.717, 1.165) is 4.88 Å². The molecule has 0 fully saturated rings. The zero-order chi connectivity index (χ0) is 18.8. The Bertz CT molecular complexity index is 791. The zero-order valence-corrected chi connectivity index (χ0v) is 15.5. The van der Waals surface area contributed by atoms with E-state index in [-0.39, 0.29) is 18.9 Å². The Balaban J connectivity index is 1.83. The molecular formula is C17H17ClN2O5S. The molecule has 0 unspecified atom stereocenters. The van der Waals surface area contributed by atoms with Gasteiger partial charge in [0, 0.05) is 10.4 Å². The van der Waals surface area contributed by atoms with Gasteiger partial charge >= 0.3 is 5.97 Å². The van der Waals surface area contributed by atoms with Gasteiger partial charge in [-0.2, -0.15) is 0 Å². The van der Waals surface area contributed by atoms with Gasteiger partial charge in [-0.1, -0.05) is 46.2 Å². The minimum Gasteiger partial charge on any atom is -0.476 e. The summed E-state index contributed by atoms with van der Waals surface area (Å²) in [5.41, 5.74) is 0.927. The highest BCUT2D eigenvalue weighted by Gasteiger charge is 2.17. The highest BCUT2D eigenvalue weighted by molar-refractivity contribution is 7.16. The third-order valence-corrected chi connectivity index (χ3v) is 4.30. The van der Waals surface area contributed by atoms with E-state index in [0.29, 0.717) is 22.1 Å². The number of carboxylic acids is 1. The molecule has 0 aliphatic rings. The number of ether oxygens (including phenoxy) is 1. The van der Waals surface area contributed by atoms with E-state index in [1.807, 2.05) is 6.07 Å². The summed E-state index contributed by atoms with van der Waals surface area (Å²) >= 11 is 7.26. The molecule has 0 amide bonds. The summed E-state index contributed by atoms with van der Waals surface area (Å²) in [6, 6.07) is 10.6. The molecule has 0 bridgehead atoms. The lowest BCUT2D eigenvalue weighted by molar-refractivity contribution is -0.129. The van der Waals surface area contributed by atoms with Crippen LogP contribution in [-0.4, -0.2) is 36.7 Å². The van der Waals surface area contributed by atoms with Crippen LogP contribution < -0.4 is 0 Å². The van der Waals surface area contributed by atoms with Crippen molar-refractivity contribution < 1.29 is 24.3 Å². The Hall–Kier alpha value is -2.42. The summed E-state index contributed by atoms with van der Waals surface area (Å²) in [6.45, 7) is 0.744. The Morgan fingerprint density at radius 1 is 1.27 bits per heavy atom. The van der Waals surface area contributed by atoms with Gasteiger partial charge in [0.05, 0.1) is 23.8 Å². The van der Waals surface area contributed by atoms with Crippen LogP contribution in [-0.2, 0) is 32.4 Å². The van der Waals surface area contributed by atoms with Crippen molar-refractivity contribution in [2.45, 2.75) is 13.2 Å². The van der Waals surface area contributed by atoms with Crippen molar-refractivity contribution in [1.82, 2.24) is 0 Å². The summed E-state index contributed by atoms with van der Waals surface area (Å²) in [4.78, 5) is 22.0. The molecule has 26 heavy (non-hydrogen) atoms. The van der Waals surface area contributed by atoms with Crippen molar-refractivity contribution >= 4 is 40.8 Å². The molecule has 0 atom stereocenters. The first-order valence-electron chi connectivity index (χ1n) is 7.50. The quantitative estimate of drug-likeness (QED) is 0.377. The number of benzene rings is 1. The molecule has 0 aliphatic carbocycles. The first kappa shape index (κ1) is 19.9. The van der Waals surface area contributed by atoms with Crippen molar-refractivity contribution in [3.63, 3.8) is 0 Å². The molecule has 138 valence electrons. The topological polar surface area (TPSA) is 89.7 Å². The molecule has 0 radical (unpaired) electrons. The molecule has 0 aliphatic heterocycles. The van der Waals surface area contributed by atoms with Crippen LogP contribution in [0.15, 0.2) is 46.7 Å². The molecule has 0 spiro atoms. The monoisotopic (exact) mass is 396 g/mol. The van der Waals surface area contributed by atoms with E-state index in [2.05, 4.69) is 15.1 Å². The lowest BCUT2D eigenvalue weighted by Crippen LogP contribution is -2.17. The van der Waals surface area contributed by atoms with Crippen molar-refractivity contribution in [2.24, 2.45) is 10.3 Å². The number of hydrogen-bond donors (Lipinski definition) is 1. The van der Waals surface area contributed by atoms with Crippen LogP contribution in [0.5, 0.6) is 0 Å². The molecule has 0 saturated carbocycles. The summed E-state index contributed by atoms with van der Waals surface area (Å²) in [5, 5.41) is 16.6. The Labute approximate surface area is 159 Å². The van der Waals surface area contributed by atoms with E-state index in [4.69, 9.17) is 21.2 Å². The van der Waals surface area contributed by atoms with Gasteiger partial charge in [-0.3, -0.25) is 0 Å². The minimum absolute atomic E-state index is 0.182. The average Bonchev–Trinajstić information content (AvgIpc) is 3.04. The van der Waals surface area contributed by atoms with Gasteiger partial charge in [0.2, 0.25) is 0 Å². The van der Waals surface area contributed by atoms with E-state index in [1.54, 1.807) is 30.3 Å². The fourth-order valence-electron chi connectivity index (χ4n) is 2.01. The largest absolute Gasteiger partial charge is 0.476 e. The fourth-order valence-corrected chi connectivity index (χ4v) is 3.00. The van der Waals surface area contributed by atoms with Crippen LogP contribution in [0.2, 0.25) is 4.34 Å². The molecule has 1 aromatic heterocycles. The number of hydrogen-bond acceptors (Lipinski definition) is 7. The van der Waals surface area contributed by atoms with Gasteiger partial charge < -0.3 is 19.5 Å². The predicted molar refractivity (Wildman–Crippen MR) is 99.9 cm³/mol. The summed E-state index contributed by atoms with van der Waals surface area (Å²) in [5.74, 6) is -1.18. The van der Waals surface area contributed by atoms with E-state index >= 15 is 0 Å². The van der Waals surface area contributed by atoms with Gasteiger partial charge in [-0.25, -0.2) is 4.79 Å². The van der Waals surface area contributed by atoms with Gasteiger partial charge in [0.25, 0.3) is 0 Å². The fraction of sp³-hybridized carbons (Fsp3) is 0.235. The summed E-state index contributed by atoms with van der Waals surface area (Å²) in [7, 11) is 1.29. The maximum Gasteiger partial charge on any atom is 0.358 e. The van der Waals surface area contributed by atoms with Crippen LogP contribution >= 0.6 is 22.9 Å². The second kappa shape index (κ2) is 10.5. The number of halogens is 1. The molecule has 1 N–H and O–H groups in total. The first-order chi connectivity index (χ1) is 12.6. The zero-order valence-electron chi connectivity index (χ0n) is 13.9. The van der Waals surface area contributed by atoms with Crippen LogP contribution in [0.3, 0.4) is 0 Å². The Morgan fingerprint density at radius 2 is 2.08 bits per heavy atom. The number of carbonyl (C=O) groups is 1. The normalized spacial score (nSPS) is 11.7. The van der Waals surface area contributed by atoms with Gasteiger partial charge in [-0.05, 0) is 17.7 Å². The summed E-state index contributed by atoms with van der Waals surface area (Å²) < 4.78 is 6.19. The smallest absolute Gasteiger partial charge is 0.358 e. The van der Waals surface area contributed by atoms with Crippen molar-refractivity contribution in [3.8, 4) is 0 Å². The predicted octanol–water partition coefficient (Wildman–Crippen LogP) is 3.56. The number of carboxylic acid groups (broad SMARTS) is 1. The van der Waals surface area contributed by atoms with Crippen LogP contribution in [0.4, 0.5) is 0 Å². The van der Waals surface area contributed by atoms with Crippen molar-refractivity contribution in [1.29, 1.82) is 0 Å². The van der Waals surface area contributed by atoms with Crippen LogP contribution in [0, 0.1) is 0 Å². The summed E-state index contributed by atoms with van der Waals surface area (Å²) in [6.07, 6.45) is 1.49. The molecule has 9 heteroatoms. The molecule has 1 heterocycles. The highest BCUT2D eigenvalue weighted by Crippen LogP contribution is 2.21. The number of nitrogens with zero attached hydrogens (tertiary/aromatic N) is 2.